The molecule has 2 amide bonds. The van der Waals surface area contributed by atoms with Crippen molar-refractivity contribution in [2.75, 3.05) is 5.32 Å². The van der Waals surface area contributed by atoms with Gasteiger partial charge in [0.1, 0.15) is 23.2 Å². The number of carbonyl (C=O) groups is 2. The van der Waals surface area contributed by atoms with Crippen molar-refractivity contribution in [3.05, 3.63) is 95.3 Å². The number of fused-ring (bicyclic) bond motifs is 7. The Morgan fingerprint density at radius 1 is 1.02 bits per heavy atom. The standard InChI is InChI=1S/C41H38N6O5/c1-5-8-20(4)36(48)44-28-16-21-13-14-29-26(15-21)41-25-11-6-10-23(33(25)47-40(41)51-29)22-9-7-12-27-31(22)24(17-42-27)30-18-43-38(50-30)34-35(41)52-39(46-34)32(19(2)3)45-37(28)49/h6-7,9-15,17-20,28,32,40,42,47H,5,8,16H2,1-4H3,(H,44,48)(H,45,49)/t20?,28?,32-,40?,41?/m0/s1. The highest BCUT2D eigenvalue weighted by Gasteiger charge is 2.61. The van der Waals surface area contributed by atoms with Gasteiger partial charge in [-0.15, -0.1) is 0 Å². The number of oxazole rings is 2. The maximum atomic E-state index is 14.2. The van der Waals surface area contributed by atoms with Gasteiger partial charge in [-0.05, 0) is 35.6 Å². The highest BCUT2D eigenvalue weighted by Crippen LogP contribution is 2.61. The van der Waals surface area contributed by atoms with Gasteiger partial charge in [0.2, 0.25) is 23.6 Å². The van der Waals surface area contributed by atoms with Crippen LogP contribution in [0.3, 0.4) is 0 Å². The number of hydrogen-bond donors (Lipinski definition) is 4. The van der Waals surface area contributed by atoms with Crippen LogP contribution in [0.15, 0.2) is 75.8 Å². The Bertz CT molecular complexity index is 2460. The van der Waals surface area contributed by atoms with Crippen LogP contribution in [0.1, 0.15) is 74.9 Å². The molecule has 0 saturated heterocycles. The predicted molar refractivity (Wildman–Crippen MR) is 195 cm³/mol. The van der Waals surface area contributed by atoms with Crippen LogP contribution in [0.5, 0.6) is 5.75 Å². The third-order valence-corrected chi connectivity index (χ3v) is 11.3. The van der Waals surface area contributed by atoms with E-state index in [2.05, 4.69) is 70.3 Å². The van der Waals surface area contributed by atoms with E-state index >= 15 is 0 Å². The number of ether oxygens (including phenoxy) is 1. The quantitative estimate of drug-likeness (QED) is 0.148. The van der Waals surface area contributed by atoms with Crippen LogP contribution in [-0.2, 0) is 21.4 Å². The molecule has 7 heterocycles. The van der Waals surface area contributed by atoms with Crippen LogP contribution < -0.4 is 20.7 Å². The molecule has 0 aliphatic carbocycles. The first-order valence-corrected chi connectivity index (χ1v) is 18.1. The molecule has 0 fully saturated rings. The van der Waals surface area contributed by atoms with Crippen molar-refractivity contribution in [1.82, 2.24) is 25.6 Å². The zero-order valence-corrected chi connectivity index (χ0v) is 29.3. The Hall–Kier alpha value is -5.84. The Morgan fingerprint density at radius 2 is 1.87 bits per heavy atom. The Kier molecular flexibility index (Phi) is 6.59. The Balaban J connectivity index is 1.27. The van der Waals surface area contributed by atoms with Crippen molar-refractivity contribution in [3.8, 4) is 39.8 Å². The number of aromatic nitrogens is 3. The molecule has 4 unspecified atom stereocenters. The largest absolute Gasteiger partial charge is 0.469 e. The molecule has 10 bridgehead atoms. The fourth-order valence-corrected chi connectivity index (χ4v) is 8.74. The van der Waals surface area contributed by atoms with E-state index in [0.717, 1.165) is 62.8 Å². The number of hydrogen-bond acceptors (Lipinski definition) is 8. The average molecular weight is 695 g/mol. The minimum absolute atomic E-state index is 0.117. The number of nitrogens with zero attached hydrogens (tertiary/aromatic N) is 2. The maximum absolute atomic E-state index is 14.2. The van der Waals surface area contributed by atoms with E-state index in [1.807, 2.05) is 39.1 Å². The van der Waals surface area contributed by atoms with Gasteiger partial charge in [-0.2, -0.15) is 0 Å². The first-order valence-electron chi connectivity index (χ1n) is 18.1. The van der Waals surface area contributed by atoms with Gasteiger partial charge in [0.15, 0.2) is 23.4 Å². The molecule has 1 spiro atoms. The molecule has 3 aromatic heterocycles. The second kappa shape index (κ2) is 11.1. The normalized spacial score (nSPS) is 22.5. The summed E-state index contributed by atoms with van der Waals surface area (Å²) in [5.74, 6) is 1.62. The minimum atomic E-state index is -1.01. The van der Waals surface area contributed by atoms with E-state index in [-0.39, 0.29) is 30.1 Å². The number of benzene rings is 3. The van der Waals surface area contributed by atoms with Crippen LogP contribution in [0, 0.1) is 11.8 Å². The van der Waals surface area contributed by atoms with E-state index in [1.165, 1.54) is 0 Å². The lowest BCUT2D eigenvalue weighted by molar-refractivity contribution is -0.131. The molecule has 11 nitrogen and oxygen atoms in total. The Labute approximate surface area is 299 Å². The zero-order chi connectivity index (χ0) is 35.5. The Morgan fingerprint density at radius 3 is 2.71 bits per heavy atom. The molecule has 0 radical (unpaired) electrons. The summed E-state index contributed by atoms with van der Waals surface area (Å²) < 4.78 is 20.5. The van der Waals surface area contributed by atoms with E-state index < -0.39 is 23.7 Å². The second-order valence-corrected chi connectivity index (χ2v) is 14.9. The minimum Gasteiger partial charge on any atom is -0.469 e. The highest BCUT2D eigenvalue weighted by atomic mass is 16.5. The lowest BCUT2D eigenvalue weighted by Crippen LogP contribution is -2.50. The summed E-state index contributed by atoms with van der Waals surface area (Å²) in [6, 6.07) is 17.1. The number of para-hydroxylation sites is 1. The van der Waals surface area contributed by atoms with Crippen LogP contribution in [0.2, 0.25) is 0 Å². The molecule has 0 saturated carbocycles. The smallest absolute Gasteiger partial charge is 0.249 e. The summed E-state index contributed by atoms with van der Waals surface area (Å²) >= 11 is 0. The fourth-order valence-electron chi connectivity index (χ4n) is 8.74. The van der Waals surface area contributed by atoms with Crippen LogP contribution in [0.4, 0.5) is 5.69 Å². The van der Waals surface area contributed by atoms with Crippen molar-refractivity contribution < 1.29 is 23.2 Å². The summed E-state index contributed by atoms with van der Waals surface area (Å²) in [7, 11) is 0. The molecule has 4 aliphatic rings. The third-order valence-electron chi connectivity index (χ3n) is 11.3. The molecular weight excluding hydrogens is 656 g/mol. The lowest BCUT2D eigenvalue weighted by Gasteiger charge is -2.29. The monoisotopic (exact) mass is 694 g/mol. The average Bonchev–Trinajstić information content (AvgIpc) is 3.96. The van der Waals surface area contributed by atoms with Gasteiger partial charge in [0.05, 0.1) is 6.20 Å². The summed E-state index contributed by atoms with van der Waals surface area (Å²) in [4.78, 5) is 41.0. The molecule has 4 aliphatic heterocycles. The van der Waals surface area contributed by atoms with E-state index in [1.54, 1.807) is 6.20 Å². The topological polar surface area (TPSA) is 147 Å². The SMILES string of the molecule is CCCC(C)C(=O)NC1Cc2ccc3c(c2)C24c5cccc(c5NC2O3)-c2cccc3[nH]cc(c23)-c2cnc(o2)-c2nc(oc24)[C@H](C(C)C)NC1=O. The van der Waals surface area contributed by atoms with Crippen molar-refractivity contribution in [2.24, 2.45) is 11.8 Å². The molecule has 10 rings (SSSR count). The number of nitrogens with one attached hydrogen (secondary N) is 4. The number of amides is 2. The lowest BCUT2D eigenvalue weighted by atomic mass is 9.72. The second-order valence-electron chi connectivity index (χ2n) is 14.9. The number of rotatable bonds is 5. The van der Waals surface area contributed by atoms with Crippen LogP contribution in [0.25, 0.3) is 44.9 Å². The van der Waals surface area contributed by atoms with Crippen LogP contribution >= 0.6 is 0 Å². The molecule has 52 heavy (non-hydrogen) atoms. The predicted octanol–water partition coefficient (Wildman–Crippen LogP) is 7.23. The summed E-state index contributed by atoms with van der Waals surface area (Å²) in [6.07, 6.45) is 4.96. The van der Waals surface area contributed by atoms with E-state index in [0.29, 0.717) is 34.7 Å². The van der Waals surface area contributed by atoms with E-state index in [9.17, 15) is 9.59 Å². The third kappa shape index (κ3) is 4.19. The molecular formula is C41H38N6O5. The maximum Gasteiger partial charge on any atom is 0.249 e. The number of H-pyrrole nitrogens is 1. The van der Waals surface area contributed by atoms with Gasteiger partial charge in [-0.3, -0.25) is 9.59 Å². The van der Waals surface area contributed by atoms with Crippen molar-refractivity contribution >= 4 is 28.4 Å². The first kappa shape index (κ1) is 30.9. The summed E-state index contributed by atoms with van der Waals surface area (Å²) in [5.41, 5.74) is 6.98. The highest BCUT2D eigenvalue weighted by molar-refractivity contribution is 6.07. The number of anilines is 1. The molecule has 5 atom stereocenters. The molecule has 262 valence electrons. The molecule has 11 heteroatoms. The molecule has 4 N–H and O–H groups in total. The number of aromatic amines is 1. The fraction of sp³-hybridized carbons (Fsp3) is 0.317. The summed E-state index contributed by atoms with van der Waals surface area (Å²) in [5, 5.41) is 11.1. The zero-order valence-electron chi connectivity index (χ0n) is 29.3. The summed E-state index contributed by atoms with van der Waals surface area (Å²) in [6.45, 7) is 7.97. The van der Waals surface area contributed by atoms with Crippen LogP contribution in [-0.4, -0.2) is 39.0 Å². The van der Waals surface area contributed by atoms with E-state index in [4.69, 9.17) is 23.5 Å². The van der Waals surface area contributed by atoms with Gasteiger partial charge >= 0.3 is 0 Å². The van der Waals surface area contributed by atoms with Gasteiger partial charge in [-0.1, -0.05) is 76.6 Å². The van der Waals surface area contributed by atoms with Gasteiger partial charge in [0.25, 0.3) is 0 Å². The van der Waals surface area contributed by atoms with Gasteiger partial charge < -0.3 is 34.5 Å². The molecule has 3 aromatic carbocycles. The van der Waals surface area contributed by atoms with Gasteiger partial charge in [0, 0.05) is 57.4 Å². The van der Waals surface area contributed by atoms with Crippen molar-refractivity contribution in [3.63, 3.8) is 0 Å². The van der Waals surface area contributed by atoms with Crippen molar-refractivity contribution in [1.29, 1.82) is 0 Å². The molecule has 6 aromatic rings. The first-order chi connectivity index (χ1) is 25.3. The number of carbonyl (C=O) groups excluding carboxylic acids is 2. The van der Waals surface area contributed by atoms with Crippen molar-refractivity contribution in [2.45, 2.75) is 70.7 Å². The van der Waals surface area contributed by atoms with Gasteiger partial charge in [-0.25, -0.2) is 9.97 Å².